The standard InChI is InChI=1S/C19H16N2O4S/c1-20(26(24,25)17-13-11-16(12-14-17)21(22)23)19-10-6-5-9-18(19)15-7-3-2-4-8-15/h2-14H,1H3. The molecule has 0 atom stereocenters. The fraction of sp³-hybridized carbons (Fsp3) is 0.0526. The molecule has 0 heterocycles. The topological polar surface area (TPSA) is 80.5 Å². The fourth-order valence-electron chi connectivity index (χ4n) is 2.64. The van der Waals surface area contributed by atoms with Gasteiger partial charge in [0.15, 0.2) is 0 Å². The van der Waals surface area contributed by atoms with Crippen LogP contribution >= 0.6 is 0 Å². The summed E-state index contributed by atoms with van der Waals surface area (Å²) in [6.45, 7) is 0. The second-order valence-corrected chi connectivity index (χ2v) is 7.58. The van der Waals surface area contributed by atoms with Gasteiger partial charge in [-0.1, -0.05) is 48.5 Å². The molecular weight excluding hydrogens is 352 g/mol. The van der Waals surface area contributed by atoms with Gasteiger partial charge in [-0.25, -0.2) is 8.42 Å². The summed E-state index contributed by atoms with van der Waals surface area (Å²) in [7, 11) is -2.38. The molecule has 0 fully saturated rings. The smallest absolute Gasteiger partial charge is 0.269 e. The van der Waals surface area contributed by atoms with Gasteiger partial charge in [-0.2, -0.15) is 0 Å². The lowest BCUT2D eigenvalue weighted by molar-refractivity contribution is -0.384. The molecule has 0 saturated heterocycles. The maximum Gasteiger partial charge on any atom is 0.269 e. The number of rotatable bonds is 5. The molecular formula is C19H16N2O4S. The van der Waals surface area contributed by atoms with Crippen molar-refractivity contribution in [3.63, 3.8) is 0 Å². The zero-order valence-electron chi connectivity index (χ0n) is 13.9. The van der Waals surface area contributed by atoms with Crippen LogP contribution in [0.2, 0.25) is 0 Å². The number of anilines is 1. The third-order valence-corrected chi connectivity index (χ3v) is 5.82. The second-order valence-electron chi connectivity index (χ2n) is 5.61. The lowest BCUT2D eigenvalue weighted by Gasteiger charge is -2.22. The van der Waals surface area contributed by atoms with Crippen LogP contribution in [-0.4, -0.2) is 20.4 Å². The van der Waals surface area contributed by atoms with Crippen LogP contribution in [-0.2, 0) is 10.0 Å². The summed E-state index contributed by atoms with van der Waals surface area (Å²) in [4.78, 5) is 10.2. The van der Waals surface area contributed by atoms with Crippen molar-refractivity contribution in [3.05, 3.63) is 89.0 Å². The van der Waals surface area contributed by atoms with Crippen LogP contribution in [0.4, 0.5) is 11.4 Å². The zero-order chi connectivity index (χ0) is 18.7. The van der Waals surface area contributed by atoms with Crippen LogP contribution in [0.25, 0.3) is 11.1 Å². The predicted octanol–water partition coefficient (Wildman–Crippen LogP) is 4.09. The number of nitro groups is 1. The molecule has 0 bridgehead atoms. The fourth-order valence-corrected chi connectivity index (χ4v) is 3.85. The molecule has 0 radical (unpaired) electrons. The summed E-state index contributed by atoms with van der Waals surface area (Å²) < 4.78 is 27.1. The van der Waals surface area contributed by atoms with E-state index in [1.165, 1.54) is 35.6 Å². The minimum absolute atomic E-state index is 0.00605. The van der Waals surface area contributed by atoms with Crippen LogP contribution in [0.5, 0.6) is 0 Å². The molecule has 132 valence electrons. The largest absolute Gasteiger partial charge is 0.269 e. The van der Waals surface area contributed by atoms with E-state index in [1.54, 1.807) is 12.1 Å². The highest BCUT2D eigenvalue weighted by Crippen LogP contribution is 2.33. The maximum absolute atomic E-state index is 13.0. The molecule has 0 aromatic heterocycles. The molecule has 3 rings (SSSR count). The van der Waals surface area contributed by atoms with Crippen molar-refractivity contribution in [2.75, 3.05) is 11.4 Å². The highest BCUT2D eigenvalue weighted by molar-refractivity contribution is 7.92. The van der Waals surface area contributed by atoms with Crippen LogP contribution in [0.15, 0.2) is 83.8 Å². The van der Waals surface area contributed by atoms with Crippen molar-refractivity contribution in [3.8, 4) is 11.1 Å². The van der Waals surface area contributed by atoms with Crippen LogP contribution in [0.1, 0.15) is 0 Å². The lowest BCUT2D eigenvalue weighted by Crippen LogP contribution is -2.27. The highest BCUT2D eigenvalue weighted by Gasteiger charge is 2.24. The molecule has 6 nitrogen and oxygen atoms in total. The number of nitrogens with zero attached hydrogens (tertiary/aromatic N) is 2. The van der Waals surface area contributed by atoms with Gasteiger partial charge in [0.05, 0.1) is 15.5 Å². The average Bonchev–Trinajstić information content (AvgIpc) is 2.68. The van der Waals surface area contributed by atoms with Crippen molar-refractivity contribution in [2.45, 2.75) is 4.90 Å². The SMILES string of the molecule is CN(c1ccccc1-c1ccccc1)S(=O)(=O)c1ccc([N+](=O)[O-])cc1. The van der Waals surface area contributed by atoms with E-state index >= 15 is 0 Å². The second kappa shape index (κ2) is 6.97. The normalized spacial score (nSPS) is 11.1. The molecule has 0 aliphatic heterocycles. The van der Waals surface area contributed by atoms with E-state index in [0.29, 0.717) is 5.69 Å². The summed E-state index contributed by atoms with van der Waals surface area (Å²) in [5, 5.41) is 10.8. The molecule has 0 aliphatic rings. The first-order valence-corrected chi connectivity index (χ1v) is 9.23. The van der Waals surface area contributed by atoms with Crippen molar-refractivity contribution in [1.82, 2.24) is 0 Å². The number of benzene rings is 3. The minimum Gasteiger partial charge on any atom is -0.269 e. The molecule has 0 N–H and O–H groups in total. The molecule has 0 spiro atoms. The molecule has 7 heteroatoms. The third kappa shape index (κ3) is 3.29. The van der Waals surface area contributed by atoms with Crippen molar-refractivity contribution in [1.29, 1.82) is 0 Å². The van der Waals surface area contributed by atoms with Gasteiger partial charge in [0.25, 0.3) is 15.7 Å². The van der Waals surface area contributed by atoms with Gasteiger partial charge in [-0.3, -0.25) is 14.4 Å². The van der Waals surface area contributed by atoms with E-state index in [-0.39, 0.29) is 10.6 Å². The first-order chi connectivity index (χ1) is 12.4. The van der Waals surface area contributed by atoms with Gasteiger partial charge in [0.1, 0.15) is 0 Å². The van der Waals surface area contributed by atoms with E-state index in [9.17, 15) is 18.5 Å². The Labute approximate surface area is 151 Å². The number of nitro benzene ring substituents is 1. The van der Waals surface area contributed by atoms with E-state index in [4.69, 9.17) is 0 Å². The monoisotopic (exact) mass is 368 g/mol. The van der Waals surface area contributed by atoms with E-state index in [2.05, 4.69) is 0 Å². The van der Waals surface area contributed by atoms with Crippen molar-refractivity contribution >= 4 is 21.4 Å². The molecule has 0 amide bonds. The number of hydrogen-bond donors (Lipinski definition) is 0. The summed E-state index contributed by atoms with van der Waals surface area (Å²) in [5.74, 6) is 0. The number of sulfonamides is 1. The van der Waals surface area contributed by atoms with E-state index < -0.39 is 14.9 Å². The Morgan fingerprint density at radius 2 is 1.42 bits per heavy atom. The van der Waals surface area contributed by atoms with Crippen LogP contribution < -0.4 is 4.31 Å². The average molecular weight is 368 g/mol. The van der Waals surface area contributed by atoms with Gasteiger partial charge < -0.3 is 0 Å². The minimum atomic E-state index is -3.85. The first kappa shape index (κ1) is 17.6. The number of hydrogen-bond acceptors (Lipinski definition) is 4. The first-order valence-electron chi connectivity index (χ1n) is 7.79. The summed E-state index contributed by atoms with van der Waals surface area (Å²) in [6.07, 6.45) is 0. The number of non-ortho nitro benzene ring substituents is 1. The van der Waals surface area contributed by atoms with Crippen molar-refractivity contribution < 1.29 is 13.3 Å². The molecule has 0 unspecified atom stereocenters. The molecule has 26 heavy (non-hydrogen) atoms. The van der Waals surface area contributed by atoms with Crippen LogP contribution in [0.3, 0.4) is 0 Å². The molecule has 0 saturated carbocycles. The number of para-hydroxylation sites is 1. The Balaban J connectivity index is 2.04. The molecule has 3 aromatic carbocycles. The maximum atomic E-state index is 13.0. The van der Waals surface area contributed by atoms with Gasteiger partial charge in [0.2, 0.25) is 0 Å². The quantitative estimate of drug-likeness (QED) is 0.502. The zero-order valence-corrected chi connectivity index (χ0v) is 14.8. The lowest BCUT2D eigenvalue weighted by atomic mass is 10.0. The Kier molecular flexibility index (Phi) is 4.73. The van der Waals surface area contributed by atoms with Gasteiger partial charge in [-0.05, 0) is 23.8 Å². The van der Waals surface area contributed by atoms with E-state index in [1.807, 2.05) is 42.5 Å². The van der Waals surface area contributed by atoms with Gasteiger partial charge in [-0.15, -0.1) is 0 Å². The Morgan fingerprint density at radius 3 is 2.04 bits per heavy atom. The van der Waals surface area contributed by atoms with Gasteiger partial charge >= 0.3 is 0 Å². The van der Waals surface area contributed by atoms with Crippen LogP contribution in [0, 0.1) is 10.1 Å². The highest BCUT2D eigenvalue weighted by atomic mass is 32.2. The summed E-state index contributed by atoms with van der Waals surface area (Å²) >= 11 is 0. The summed E-state index contributed by atoms with van der Waals surface area (Å²) in [6, 6.07) is 21.5. The Bertz CT molecular complexity index is 1030. The predicted molar refractivity (Wildman–Crippen MR) is 101 cm³/mol. The molecule has 3 aromatic rings. The van der Waals surface area contributed by atoms with Gasteiger partial charge in [0, 0.05) is 24.7 Å². The van der Waals surface area contributed by atoms with Crippen molar-refractivity contribution in [2.24, 2.45) is 0 Å². The Hall–Kier alpha value is -3.19. The summed E-state index contributed by atoms with van der Waals surface area (Å²) in [5.41, 5.74) is 2.04. The molecule has 0 aliphatic carbocycles. The third-order valence-electron chi connectivity index (χ3n) is 4.03. The van der Waals surface area contributed by atoms with E-state index in [0.717, 1.165) is 11.1 Å². The Morgan fingerprint density at radius 1 is 0.846 bits per heavy atom.